The van der Waals surface area contributed by atoms with Crippen LogP contribution in [0.5, 0.6) is 11.5 Å². The minimum atomic E-state index is -0.968. The minimum Gasteiger partial charge on any atom is -0.493 e. The molecule has 8 heteroatoms. The van der Waals surface area contributed by atoms with Crippen LogP contribution in [0.2, 0.25) is 0 Å². The number of carboxylic acid groups (broad SMARTS) is 1. The maximum Gasteiger partial charge on any atom is 0.335 e. The number of carbonyl (C=O) groups is 2. The Morgan fingerprint density at radius 3 is 2.43 bits per heavy atom. The van der Waals surface area contributed by atoms with Gasteiger partial charge in [-0.1, -0.05) is 15.9 Å². The second-order valence-corrected chi connectivity index (χ2v) is 8.69. The van der Waals surface area contributed by atoms with Gasteiger partial charge in [0.1, 0.15) is 0 Å². The maximum atomic E-state index is 12.2. The Bertz CT molecular complexity index is 938. The molecule has 0 atom stereocenters. The molecule has 7 nitrogen and oxygen atoms in total. The third-order valence-corrected chi connectivity index (χ3v) is 4.92. The SMILES string of the molecule is COc1ccc(Br)c(CNc2ccc(C(=O)O)cc2C)c1OCC(=O)NC(C)(C)C. The summed E-state index contributed by atoms with van der Waals surface area (Å²) < 4.78 is 12.0. The van der Waals surface area contributed by atoms with Gasteiger partial charge in [-0.05, 0) is 63.6 Å². The summed E-state index contributed by atoms with van der Waals surface area (Å²) >= 11 is 3.54. The fourth-order valence-corrected chi connectivity index (χ4v) is 3.29. The lowest BCUT2D eigenvalue weighted by Crippen LogP contribution is -2.43. The summed E-state index contributed by atoms with van der Waals surface area (Å²) in [5.74, 6) is -0.229. The molecule has 0 aliphatic heterocycles. The van der Waals surface area contributed by atoms with Crippen molar-refractivity contribution in [1.82, 2.24) is 5.32 Å². The van der Waals surface area contributed by atoms with Gasteiger partial charge in [-0.15, -0.1) is 0 Å². The molecule has 0 radical (unpaired) electrons. The van der Waals surface area contributed by atoms with Crippen molar-refractivity contribution < 1.29 is 24.2 Å². The zero-order chi connectivity index (χ0) is 22.5. The smallest absolute Gasteiger partial charge is 0.335 e. The molecule has 2 rings (SSSR count). The van der Waals surface area contributed by atoms with E-state index in [0.717, 1.165) is 21.3 Å². The van der Waals surface area contributed by atoms with Gasteiger partial charge < -0.3 is 25.2 Å². The molecule has 1 amide bonds. The Kier molecular flexibility index (Phi) is 7.72. The quantitative estimate of drug-likeness (QED) is 0.521. The Hall–Kier alpha value is -2.74. The Balaban J connectivity index is 2.23. The lowest BCUT2D eigenvalue weighted by Gasteiger charge is -2.22. The van der Waals surface area contributed by atoms with Gasteiger partial charge in [-0.3, -0.25) is 4.79 Å². The number of rotatable bonds is 8. The van der Waals surface area contributed by atoms with Gasteiger partial charge in [0.2, 0.25) is 0 Å². The van der Waals surface area contributed by atoms with Crippen LogP contribution in [0.1, 0.15) is 42.3 Å². The number of amides is 1. The Morgan fingerprint density at radius 2 is 1.87 bits per heavy atom. The number of hydrogen-bond acceptors (Lipinski definition) is 5. The molecule has 0 saturated carbocycles. The fourth-order valence-electron chi connectivity index (χ4n) is 2.84. The second-order valence-electron chi connectivity index (χ2n) is 7.83. The molecular weight excluding hydrogens is 452 g/mol. The molecule has 0 unspecified atom stereocenters. The van der Waals surface area contributed by atoms with Gasteiger partial charge in [0.25, 0.3) is 5.91 Å². The van der Waals surface area contributed by atoms with Crippen molar-refractivity contribution in [3.8, 4) is 11.5 Å². The third kappa shape index (κ3) is 6.38. The van der Waals surface area contributed by atoms with Crippen LogP contribution in [0.4, 0.5) is 5.69 Å². The van der Waals surface area contributed by atoms with Gasteiger partial charge in [0, 0.05) is 27.8 Å². The topological polar surface area (TPSA) is 96.9 Å². The van der Waals surface area contributed by atoms with Gasteiger partial charge in [-0.2, -0.15) is 0 Å². The van der Waals surface area contributed by atoms with Crippen molar-refractivity contribution in [2.75, 3.05) is 19.0 Å². The van der Waals surface area contributed by atoms with E-state index in [1.807, 2.05) is 33.8 Å². The zero-order valence-corrected chi connectivity index (χ0v) is 19.3. The van der Waals surface area contributed by atoms with Crippen molar-refractivity contribution >= 4 is 33.5 Å². The van der Waals surface area contributed by atoms with E-state index in [0.29, 0.717) is 18.0 Å². The van der Waals surface area contributed by atoms with Crippen LogP contribution in [0.3, 0.4) is 0 Å². The van der Waals surface area contributed by atoms with Gasteiger partial charge in [0.05, 0.1) is 12.7 Å². The summed E-state index contributed by atoms with van der Waals surface area (Å²) in [6.45, 7) is 7.77. The van der Waals surface area contributed by atoms with E-state index in [1.165, 1.54) is 7.11 Å². The van der Waals surface area contributed by atoms with Crippen LogP contribution < -0.4 is 20.1 Å². The highest BCUT2D eigenvalue weighted by molar-refractivity contribution is 9.10. The average molecular weight is 479 g/mol. The molecule has 2 aromatic carbocycles. The molecule has 0 fully saturated rings. The van der Waals surface area contributed by atoms with E-state index in [9.17, 15) is 9.59 Å². The Morgan fingerprint density at radius 1 is 1.17 bits per heavy atom. The first-order chi connectivity index (χ1) is 14.0. The fraction of sp³-hybridized carbons (Fsp3) is 0.364. The molecule has 30 heavy (non-hydrogen) atoms. The number of nitrogens with one attached hydrogen (secondary N) is 2. The summed E-state index contributed by atoms with van der Waals surface area (Å²) in [4.78, 5) is 23.3. The minimum absolute atomic E-state index is 0.149. The molecule has 3 N–H and O–H groups in total. The van der Waals surface area contributed by atoms with Gasteiger partial charge in [0.15, 0.2) is 18.1 Å². The largest absolute Gasteiger partial charge is 0.493 e. The number of carboxylic acids is 1. The zero-order valence-electron chi connectivity index (χ0n) is 17.8. The van der Waals surface area contributed by atoms with Crippen LogP contribution in [-0.4, -0.2) is 36.2 Å². The van der Waals surface area contributed by atoms with Crippen LogP contribution >= 0.6 is 15.9 Å². The van der Waals surface area contributed by atoms with E-state index < -0.39 is 5.97 Å². The monoisotopic (exact) mass is 478 g/mol. The van der Waals surface area contributed by atoms with Crippen molar-refractivity contribution in [2.24, 2.45) is 0 Å². The Labute approximate surface area is 184 Å². The van der Waals surface area contributed by atoms with E-state index in [1.54, 1.807) is 24.3 Å². The molecule has 162 valence electrons. The highest BCUT2D eigenvalue weighted by Crippen LogP contribution is 2.37. The van der Waals surface area contributed by atoms with Gasteiger partial charge in [-0.25, -0.2) is 4.79 Å². The number of anilines is 1. The van der Waals surface area contributed by atoms with Gasteiger partial charge >= 0.3 is 5.97 Å². The van der Waals surface area contributed by atoms with E-state index in [4.69, 9.17) is 14.6 Å². The first-order valence-corrected chi connectivity index (χ1v) is 10.2. The van der Waals surface area contributed by atoms with Crippen LogP contribution in [0, 0.1) is 6.92 Å². The summed E-state index contributed by atoms with van der Waals surface area (Å²) in [5.41, 5.74) is 2.26. The van der Waals surface area contributed by atoms with Crippen LogP contribution in [0.15, 0.2) is 34.8 Å². The lowest BCUT2D eigenvalue weighted by atomic mass is 10.1. The number of carbonyl (C=O) groups excluding carboxylic acids is 1. The summed E-state index contributed by atoms with van der Waals surface area (Å²) in [6.07, 6.45) is 0. The first-order valence-electron chi connectivity index (χ1n) is 9.39. The van der Waals surface area contributed by atoms with Crippen molar-refractivity contribution in [1.29, 1.82) is 0 Å². The summed E-state index contributed by atoms with van der Waals surface area (Å²) in [5, 5.41) is 15.3. The van der Waals surface area contributed by atoms with Crippen LogP contribution in [0.25, 0.3) is 0 Å². The highest BCUT2D eigenvalue weighted by atomic mass is 79.9. The molecule has 2 aromatic rings. The molecule has 0 bridgehead atoms. The number of methoxy groups -OCH3 is 1. The number of aryl methyl sites for hydroxylation is 1. The second kappa shape index (κ2) is 9.84. The normalized spacial score (nSPS) is 11.0. The van der Waals surface area contributed by atoms with E-state index in [2.05, 4.69) is 26.6 Å². The molecule has 0 saturated heterocycles. The third-order valence-electron chi connectivity index (χ3n) is 4.18. The number of aromatic carboxylic acids is 1. The summed E-state index contributed by atoms with van der Waals surface area (Å²) in [6, 6.07) is 8.49. The van der Waals surface area contributed by atoms with Crippen LogP contribution in [-0.2, 0) is 11.3 Å². The predicted molar refractivity (Wildman–Crippen MR) is 120 cm³/mol. The average Bonchev–Trinajstić information content (AvgIpc) is 2.64. The molecule has 0 aromatic heterocycles. The molecule has 0 aliphatic carbocycles. The van der Waals surface area contributed by atoms with Crippen molar-refractivity contribution in [2.45, 2.75) is 39.8 Å². The number of benzene rings is 2. The van der Waals surface area contributed by atoms with Crippen molar-refractivity contribution in [3.05, 3.63) is 51.5 Å². The standard InChI is InChI=1S/C22H27BrN2O5/c1-13-10-14(21(27)28)6-8-17(13)24-11-15-16(23)7-9-18(29-5)20(15)30-12-19(26)25-22(2,3)4/h6-10,24H,11-12H2,1-5H3,(H,25,26)(H,27,28). The maximum absolute atomic E-state index is 12.2. The summed E-state index contributed by atoms with van der Waals surface area (Å²) in [7, 11) is 1.54. The van der Waals surface area contributed by atoms with E-state index >= 15 is 0 Å². The highest BCUT2D eigenvalue weighted by Gasteiger charge is 2.19. The molecule has 0 heterocycles. The predicted octanol–water partition coefficient (Wildman–Crippen LogP) is 4.37. The number of halogens is 1. The molecular formula is C22H27BrN2O5. The number of hydrogen-bond donors (Lipinski definition) is 3. The van der Waals surface area contributed by atoms with E-state index in [-0.39, 0.29) is 23.6 Å². The number of ether oxygens (including phenoxy) is 2. The lowest BCUT2D eigenvalue weighted by molar-refractivity contribution is -0.124. The molecule has 0 aliphatic rings. The van der Waals surface area contributed by atoms with Crippen molar-refractivity contribution in [3.63, 3.8) is 0 Å². The first kappa shape index (κ1) is 23.5. The molecule has 0 spiro atoms.